The van der Waals surface area contributed by atoms with Gasteiger partial charge >= 0.3 is 0 Å². The van der Waals surface area contributed by atoms with Crippen molar-refractivity contribution in [2.75, 3.05) is 13.1 Å². The summed E-state index contributed by atoms with van der Waals surface area (Å²) in [7, 11) is 0. The zero-order chi connectivity index (χ0) is 21.2. The number of fused-ring (bicyclic) bond motifs is 2. The van der Waals surface area contributed by atoms with Crippen LogP contribution in [0.3, 0.4) is 0 Å². The van der Waals surface area contributed by atoms with Gasteiger partial charge in [0.05, 0.1) is 17.4 Å². The van der Waals surface area contributed by atoms with Crippen LogP contribution >= 0.6 is 0 Å². The molecule has 1 amide bonds. The fraction of sp³-hybridized carbons (Fsp3) is 0.231. The van der Waals surface area contributed by atoms with Crippen molar-refractivity contribution in [3.05, 3.63) is 95.4 Å². The third kappa shape index (κ3) is 2.80. The molecule has 6 rings (SSSR count). The maximum absolute atomic E-state index is 13.3. The fourth-order valence-electron chi connectivity index (χ4n) is 5.32. The number of piperidine rings is 1. The van der Waals surface area contributed by atoms with Crippen LogP contribution in [0.4, 0.5) is 4.39 Å². The number of rotatable bonds is 3. The highest BCUT2D eigenvalue weighted by atomic mass is 19.1. The fourth-order valence-corrected chi connectivity index (χ4v) is 5.32. The van der Waals surface area contributed by atoms with Gasteiger partial charge in [0.25, 0.3) is 5.91 Å². The molecule has 0 radical (unpaired) electrons. The second kappa shape index (κ2) is 6.51. The normalized spacial score (nSPS) is 22.0. The van der Waals surface area contributed by atoms with E-state index in [1.54, 1.807) is 12.1 Å². The summed E-state index contributed by atoms with van der Waals surface area (Å²) in [6.45, 7) is 3.73. The first-order chi connectivity index (χ1) is 15.0. The summed E-state index contributed by atoms with van der Waals surface area (Å²) in [5.41, 5.74) is 5.20. The van der Waals surface area contributed by atoms with Crippen LogP contribution in [0.5, 0.6) is 0 Å². The van der Waals surface area contributed by atoms with Crippen molar-refractivity contribution in [3.8, 4) is 5.69 Å². The number of hydrogen-bond acceptors (Lipinski definition) is 2. The Kier molecular flexibility index (Phi) is 3.85. The zero-order valence-corrected chi connectivity index (χ0v) is 17.3. The first-order valence-electron chi connectivity index (χ1n) is 10.6. The minimum absolute atomic E-state index is 0.0562. The second-order valence-corrected chi connectivity index (χ2v) is 8.87. The molecule has 5 heteroatoms. The maximum atomic E-state index is 13.3. The molecule has 2 atom stereocenters. The van der Waals surface area contributed by atoms with Gasteiger partial charge in [-0.1, -0.05) is 18.2 Å². The molecule has 1 aromatic heterocycles. The van der Waals surface area contributed by atoms with Crippen LogP contribution in [0.1, 0.15) is 27.9 Å². The summed E-state index contributed by atoms with van der Waals surface area (Å²) in [5.74, 6) is 0.381. The molecule has 1 saturated heterocycles. The van der Waals surface area contributed by atoms with E-state index in [1.165, 1.54) is 23.3 Å². The van der Waals surface area contributed by atoms with E-state index in [0.717, 1.165) is 41.7 Å². The average molecular weight is 411 g/mol. The summed E-state index contributed by atoms with van der Waals surface area (Å²) in [5, 5.41) is 5.62. The SMILES string of the molecule is Cc1cc2c(cnn2-c2ccc(F)cc2)cc1C12CC1CN(C(=O)c1ccccc1)C2. The van der Waals surface area contributed by atoms with Gasteiger partial charge in [-0.15, -0.1) is 0 Å². The minimum Gasteiger partial charge on any atom is -0.337 e. The summed E-state index contributed by atoms with van der Waals surface area (Å²) >= 11 is 0. The first-order valence-corrected chi connectivity index (χ1v) is 10.6. The summed E-state index contributed by atoms with van der Waals surface area (Å²) < 4.78 is 15.2. The van der Waals surface area contributed by atoms with Gasteiger partial charge < -0.3 is 4.90 Å². The average Bonchev–Trinajstić information content (AvgIpc) is 3.14. The van der Waals surface area contributed by atoms with Crippen molar-refractivity contribution in [3.63, 3.8) is 0 Å². The molecule has 2 unspecified atom stereocenters. The molecule has 0 N–H and O–H groups in total. The van der Waals surface area contributed by atoms with Gasteiger partial charge in [-0.25, -0.2) is 9.07 Å². The highest BCUT2D eigenvalue weighted by Crippen LogP contribution is 2.60. The number of hydrogen-bond donors (Lipinski definition) is 0. The molecule has 2 aliphatic rings. The van der Waals surface area contributed by atoms with E-state index in [-0.39, 0.29) is 17.1 Å². The zero-order valence-electron chi connectivity index (χ0n) is 17.3. The molecule has 2 heterocycles. The number of aryl methyl sites for hydroxylation is 1. The highest BCUT2D eigenvalue weighted by Gasteiger charge is 2.62. The van der Waals surface area contributed by atoms with E-state index in [0.29, 0.717) is 5.92 Å². The molecule has 0 bridgehead atoms. The van der Waals surface area contributed by atoms with E-state index in [1.807, 2.05) is 46.1 Å². The van der Waals surface area contributed by atoms with E-state index in [4.69, 9.17) is 0 Å². The highest BCUT2D eigenvalue weighted by molar-refractivity contribution is 5.94. The topological polar surface area (TPSA) is 38.1 Å². The van der Waals surface area contributed by atoms with Gasteiger partial charge in [0, 0.05) is 29.5 Å². The molecule has 4 aromatic rings. The number of amides is 1. The standard InChI is InChI=1S/C26H22FN3O/c1-17-11-24-19(14-28-30(24)22-9-7-21(27)8-10-22)12-23(17)26-13-20(26)15-29(16-26)25(31)18-5-3-2-4-6-18/h2-12,14,20H,13,15-16H2,1H3. The predicted octanol–water partition coefficient (Wildman–Crippen LogP) is 4.89. The van der Waals surface area contributed by atoms with E-state index in [2.05, 4.69) is 24.2 Å². The van der Waals surface area contributed by atoms with Crippen molar-refractivity contribution < 1.29 is 9.18 Å². The number of aromatic nitrogens is 2. The summed E-state index contributed by atoms with van der Waals surface area (Å²) in [6, 6.07) is 20.3. The Morgan fingerprint density at radius 1 is 1.10 bits per heavy atom. The number of benzene rings is 3. The molecule has 0 spiro atoms. The van der Waals surface area contributed by atoms with Crippen LogP contribution in [0.2, 0.25) is 0 Å². The predicted molar refractivity (Wildman–Crippen MR) is 118 cm³/mol. The second-order valence-electron chi connectivity index (χ2n) is 8.87. The number of likely N-dealkylation sites (tertiary alicyclic amines) is 1. The van der Waals surface area contributed by atoms with Crippen LogP contribution in [-0.2, 0) is 5.41 Å². The smallest absolute Gasteiger partial charge is 0.253 e. The van der Waals surface area contributed by atoms with Crippen molar-refractivity contribution in [2.45, 2.75) is 18.8 Å². The Bertz CT molecular complexity index is 1310. The Morgan fingerprint density at radius 3 is 2.65 bits per heavy atom. The largest absolute Gasteiger partial charge is 0.337 e. The molecular weight excluding hydrogens is 389 g/mol. The maximum Gasteiger partial charge on any atom is 0.253 e. The molecular formula is C26H22FN3O. The van der Waals surface area contributed by atoms with E-state index in [9.17, 15) is 9.18 Å². The Balaban J connectivity index is 1.33. The number of nitrogens with zero attached hydrogens (tertiary/aromatic N) is 3. The van der Waals surface area contributed by atoms with E-state index >= 15 is 0 Å². The summed E-state index contributed by atoms with van der Waals surface area (Å²) in [6.07, 6.45) is 3.00. The molecule has 1 aliphatic heterocycles. The molecule has 4 nitrogen and oxygen atoms in total. The molecule has 31 heavy (non-hydrogen) atoms. The lowest BCUT2D eigenvalue weighted by atomic mass is 9.90. The van der Waals surface area contributed by atoms with Crippen LogP contribution in [0.25, 0.3) is 16.6 Å². The van der Waals surface area contributed by atoms with Gasteiger partial charge in [-0.2, -0.15) is 5.10 Å². The van der Waals surface area contributed by atoms with Gasteiger partial charge in [0.15, 0.2) is 0 Å². The number of halogens is 1. The number of carbonyl (C=O) groups is 1. The Morgan fingerprint density at radius 2 is 1.87 bits per heavy atom. The van der Waals surface area contributed by atoms with Crippen LogP contribution in [0, 0.1) is 18.7 Å². The lowest BCUT2D eigenvalue weighted by Crippen LogP contribution is -2.33. The molecule has 154 valence electrons. The third-order valence-electron chi connectivity index (χ3n) is 6.98. The van der Waals surface area contributed by atoms with Crippen molar-refractivity contribution in [1.82, 2.24) is 14.7 Å². The van der Waals surface area contributed by atoms with Crippen molar-refractivity contribution in [2.24, 2.45) is 5.92 Å². The van der Waals surface area contributed by atoms with Crippen molar-refractivity contribution in [1.29, 1.82) is 0 Å². The monoisotopic (exact) mass is 411 g/mol. The van der Waals surface area contributed by atoms with Crippen LogP contribution in [-0.4, -0.2) is 33.7 Å². The van der Waals surface area contributed by atoms with E-state index < -0.39 is 0 Å². The third-order valence-corrected chi connectivity index (χ3v) is 6.98. The molecule has 1 saturated carbocycles. The lowest BCUT2D eigenvalue weighted by molar-refractivity contribution is 0.0772. The Labute approximate surface area is 179 Å². The lowest BCUT2D eigenvalue weighted by Gasteiger charge is -2.22. The summed E-state index contributed by atoms with van der Waals surface area (Å²) in [4.78, 5) is 15.0. The van der Waals surface area contributed by atoms with Crippen LogP contribution < -0.4 is 0 Å². The molecule has 3 aromatic carbocycles. The first kappa shape index (κ1) is 18.3. The van der Waals surface area contributed by atoms with Gasteiger partial charge in [0.1, 0.15) is 5.82 Å². The quantitative estimate of drug-likeness (QED) is 0.482. The van der Waals surface area contributed by atoms with Crippen LogP contribution in [0.15, 0.2) is 72.9 Å². The van der Waals surface area contributed by atoms with Crippen molar-refractivity contribution >= 4 is 16.8 Å². The minimum atomic E-state index is -0.256. The molecule has 1 aliphatic carbocycles. The number of carbonyl (C=O) groups excluding carboxylic acids is 1. The van der Waals surface area contributed by atoms with Gasteiger partial charge in [-0.3, -0.25) is 4.79 Å². The van der Waals surface area contributed by atoms with Gasteiger partial charge in [-0.05, 0) is 78.9 Å². The molecule has 2 fully saturated rings. The van der Waals surface area contributed by atoms with Gasteiger partial charge in [0.2, 0.25) is 0 Å². The Hall–Kier alpha value is -3.47.